The zero-order chi connectivity index (χ0) is 16.4. The van der Waals surface area contributed by atoms with Gasteiger partial charge < -0.3 is 15.0 Å². The maximum absolute atomic E-state index is 12.5. The number of anilines is 1. The lowest BCUT2D eigenvalue weighted by Crippen LogP contribution is -2.33. The Morgan fingerprint density at radius 3 is 3.04 bits per heavy atom. The van der Waals surface area contributed by atoms with Crippen molar-refractivity contribution in [1.82, 2.24) is 14.9 Å². The molecule has 2 aliphatic heterocycles. The second-order valence-electron chi connectivity index (χ2n) is 6.36. The van der Waals surface area contributed by atoms with Gasteiger partial charge >= 0.3 is 0 Å². The highest BCUT2D eigenvalue weighted by atomic mass is 32.1. The lowest BCUT2D eigenvalue weighted by atomic mass is 9.93. The molecule has 0 radical (unpaired) electrons. The minimum Gasteiger partial charge on any atom is -0.376 e. The molecule has 6 nitrogen and oxygen atoms in total. The molecule has 1 N–H and O–H groups in total. The summed E-state index contributed by atoms with van der Waals surface area (Å²) in [4.78, 5) is 22.8. The van der Waals surface area contributed by atoms with Gasteiger partial charge in [-0.1, -0.05) is 0 Å². The first-order chi connectivity index (χ1) is 11.8. The number of fused-ring (bicyclic) bond motifs is 1. The first-order valence-corrected chi connectivity index (χ1v) is 9.15. The molecule has 0 bridgehead atoms. The molecule has 2 saturated heterocycles. The number of thiophene rings is 1. The normalized spacial score (nSPS) is 25.7. The summed E-state index contributed by atoms with van der Waals surface area (Å²) in [7, 11) is 0. The fourth-order valence-corrected chi connectivity index (χ4v) is 4.17. The van der Waals surface area contributed by atoms with Crippen molar-refractivity contribution in [1.29, 1.82) is 0 Å². The Morgan fingerprint density at radius 2 is 2.25 bits per heavy atom. The van der Waals surface area contributed by atoms with Crippen LogP contribution in [0.15, 0.2) is 35.3 Å². The van der Waals surface area contributed by atoms with Gasteiger partial charge in [-0.05, 0) is 28.5 Å². The first kappa shape index (κ1) is 15.5. The summed E-state index contributed by atoms with van der Waals surface area (Å²) in [6.07, 6.45) is 4.11. The second-order valence-corrected chi connectivity index (χ2v) is 7.14. The molecule has 7 heteroatoms. The summed E-state index contributed by atoms with van der Waals surface area (Å²) in [5.41, 5.74) is 1.10. The van der Waals surface area contributed by atoms with Crippen LogP contribution < -0.4 is 5.32 Å². The van der Waals surface area contributed by atoms with Crippen LogP contribution in [0.25, 0.3) is 0 Å². The topological polar surface area (TPSA) is 67.4 Å². The number of rotatable bonds is 5. The summed E-state index contributed by atoms with van der Waals surface area (Å²) in [6.45, 7) is 3.01. The number of hydrogen-bond acceptors (Lipinski definition) is 6. The van der Waals surface area contributed by atoms with E-state index in [2.05, 4.69) is 15.3 Å². The maximum atomic E-state index is 12.5. The number of hydrogen-bond donors (Lipinski definition) is 1. The van der Waals surface area contributed by atoms with Crippen molar-refractivity contribution in [3.05, 3.63) is 40.8 Å². The average Bonchev–Trinajstić information content (AvgIpc) is 3.31. The Balaban J connectivity index is 1.32. The third-order valence-electron chi connectivity index (χ3n) is 4.82. The van der Waals surface area contributed by atoms with Gasteiger partial charge in [-0.3, -0.25) is 4.79 Å². The number of likely N-dealkylation sites (tertiary alicyclic amines) is 1. The Bertz CT molecular complexity index is 679. The van der Waals surface area contributed by atoms with Crippen molar-refractivity contribution >= 4 is 23.2 Å². The lowest BCUT2D eigenvalue weighted by molar-refractivity contribution is -0.130. The highest BCUT2D eigenvalue weighted by Gasteiger charge is 2.44. The van der Waals surface area contributed by atoms with Crippen LogP contribution in [-0.2, 0) is 16.0 Å². The zero-order valence-corrected chi connectivity index (χ0v) is 14.1. The van der Waals surface area contributed by atoms with Gasteiger partial charge in [0.05, 0.1) is 19.1 Å². The highest BCUT2D eigenvalue weighted by Crippen LogP contribution is 2.34. The van der Waals surface area contributed by atoms with Crippen LogP contribution in [0.3, 0.4) is 0 Å². The Kier molecular flexibility index (Phi) is 4.44. The molecule has 2 aliphatic rings. The smallest absolute Gasteiger partial charge is 0.227 e. The fourth-order valence-electron chi connectivity index (χ4n) is 3.51. The Hall–Kier alpha value is -1.99. The number of nitrogens with zero attached hydrogens (tertiary/aromatic N) is 3. The van der Waals surface area contributed by atoms with Crippen LogP contribution in [0, 0.1) is 11.8 Å². The van der Waals surface area contributed by atoms with Gasteiger partial charge in [0.25, 0.3) is 0 Å². The van der Waals surface area contributed by atoms with Gasteiger partial charge in [-0.25, -0.2) is 9.97 Å². The molecule has 2 aromatic heterocycles. The Labute approximate surface area is 144 Å². The standard InChI is InChI=1S/C17H20N4O2S/c22-16(6-12-2-5-24-11-12)21-8-14-13(10-23-15(14)9-21)7-20-17-18-3-1-4-19-17/h1-5,11,13-15H,6-10H2,(H,18,19,20)/t13-,14+,15+/m1/s1. The zero-order valence-electron chi connectivity index (χ0n) is 13.3. The van der Waals surface area contributed by atoms with E-state index in [9.17, 15) is 4.79 Å². The van der Waals surface area contributed by atoms with E-state index in [0.29, 0.717) is 30.7 Å². The molecule has 1 amide bonds. The van der Waals surface area contributed by atoms with Crippen molar-refractivity contribution in [2.45, 2.75) is 12.5 Å². The minimum atomic E-state index is 0.167. The summed E-state index contributed by atoms with van der Waals surface area (Å²) in [5, 5.41) is 7.33. The molecule has 126 valence electrons. The molecular formula is C17H20N4O2S. The van der Waals surface area contributed by atoms with E-state index in [1.54, 1.807) is 29.8 Å². The monoisotopic (exact) mass is 344 g/mol. The quantitative estimate of drug-likeness (QED) is 0.894. The fraction of sp³-hybridized carbons (Fsp3) is 0.471. The molecule has 0 saturated carbocycles. The highest BCUT2D eigenvalue weighted by molar-refractivity contribution is 7.08. The summed E-state index contributed by atoms with van der Waals surface area (Å²) < 4.78 is 5.92. The molecule has 0 spiro atoms. The SMILES string of the molecule is O=C(Cc1ccsc1)N1C[C@H]2[C@H](CNc3ncccn3)CO[C@H]2C1. The molecule has 2 aromatic rings. The molecule has 0 unspecified atom stereocenters. The van der Waals surface area contributed by atoms with E-state index < -0.39 is 0 Å². The lowest BCUT2D eigenvalue weighted by Gasteiger charge is -2.20. The van der Waals surface area contributed by atoms with Crippen molar-refractivity contribution in [2.75, 3.05) is 31.6 Å². The number of amides is 1. The Morgan fingerprint density at radius 1 is 1.38 bits per heavy atom. The van der Waals surface area contributed by atoms with E-state index in [0.717, 1.165) is 25.3 Å². The van der Waals surface area contributed by atoms with Crippen LogP contribution in [0.5, 0.6) is 0 Å². The number of carbonyl (C=O) groups excluding carboxylic acids is 1. The summed E-state index contributed by atoms with van der Waals surface area (Å²) in [6, 6.07) is 3.82. The molecule has 4 heterocycles. The van der Waals surface area contributed by atoms with Crippen molar-refractivity contribution in [3.8, 4) is 0 Å². The molecule has 24 heavy (non-hydrogen) atoms. The molecule has 0 aliphatic carbocycles. The predicted octanol–water partition coefficient (Wildman–Crippen LogP) is 1.67. The number of ether oxygens (including phenoxy) is 1. The summed E-state index contributed by atoms with van der Waals surface area (Å²) >= 11 is 1.63. The molecule has 0 aromatic carbocycles. The predicted molar refractivity (Wildman–Crippen MR) is 91.8 cm³/mol. The first-order valence-electron chi connectivity index (χ1n) is 8.21. The van der Waals surface area contributed by atoms with Crippen LogP contribution in [0.4, 0.5) is 5.95 Å². The summed E-state index contributed by atoms with van der Waals surface area (Å²) in [5.74, 6) is 1.62. The van der Waals surface area contributed by atoms with Gasteiger partial charge in [0.15, 0.2) is 0 Å². The average molecular weight is 344 g/mol. The molecular weight excluding hydrogens is 324 g/mol. The minimum absolute atomic E-state index is 0.167. The van der Waals surface area contributed by atoms with E-state index in [1.165, 1.54) is 0 Å². The molecule has 3 atom stereocenters. The third kappa shape index (κ3) is 3.27. The van der Waals surface area contributed by atoms with Gasteiger partial charge in [0, 0.05) is 43.9 Å². The van der Waals surface area contributed by atoms with Gasteiger partial charge in [-0.2, -0.15) is 11.3 Å². The second kappa shape index (κ2) is 6.86. The third-order valence-corrected chi connectivity index (χ3v) is 5.55. The van der Waals surface area contributed by atoms with Crippen molar-refractivity contribution in [3.63, 3.8) is 0 Å². The molecule has 2 fully saturated rings. The van der Waals surface area contributed by atoms with E-state index in [4.69, 9.17) is 4.74 Å². The van der Waals surface area contributed by atoms with Crippen LogP contribution in [0.1, 0.15) is 5.56 Å². The van der Waals surface area contributed by atoms with Gasteiger partial charge in [0.1, 0.15) is 0 Å². The van der Waals surface area contributed by atoms with Crippen LogP contribution >= 0.6 is 11.3 Å². The van der Waals surface area contributed by atoms with E-state index >= 15 is 0 Å². The van der Waals surface area contributed by atoms with Crippen LogP contribution in [-0.4, -0.2) is 53.1 Å². The van der Waals surface area contributed by atoms with Gasteiger partial charge in [0.2, 0.25) is 11.9 Å². The van der Waals surface area contributed by atoms with E-state index in [1.807, 2.05) is 21.7 Å². The number of nitrogens with one attached hydrogen (secondary N) is 1. The largest absolute Gasteiger partial charge is 0.376 e. The van der Waals surface area contributed by atoms with Gasteiger partial charge in [-0.15, -0.1) is 0 Å². The van der Waals surface area contributed by atoms with Crippen molar-refractivity contribution in [2.24, 2.45) is 11.8 Å². The maximum Gasteiger partial charge on any atom is 0.227 e. The number of carbonyl (C=O) groups is 1. The number of aromatic nitrogens is 2. The van der Waals surface area contributed by atoms with E-state index in [-0.39, 0.29) is 12.0 Å². The molecule has 4 rings (SSSR count). The van der Waals surface area contributed by atoms with Crippen LogP contribution in [0.2, 0.25) is 0 Å². The van der Waals surface area contributed by atoms with Crippen molar-refractivity contribution < 1.29 is 9.53 Å².